The number of esters is 1. The van der Waals surface area contributed by atoms with Crippen molar-refractivity contribution in [3.63, 3.8) is 0 Å². The average molecular weight is 160 g/mol. The van der Waals surface area contributed by atoms with Gasteiger partial charge in [0, 0.05) is 5.41 Å². The lowest BCUT2D eigenvalue weighted by atomic mass is 9.83. The van der Waals surface area contributed by atoms with Gasteiger partial charge in [-0.1, -0.05) is 13.8 Å². The fraction of sp³-hybridized carbons (Fsp3) is 0.857. The normalized spacial score (nSPS) is 35.5. The lowest BCUT2D eigenvalue weighted by Crippen LogP contribution is -2.36. The molecule has 1 aliphatic heterocycles. The number of hydrogen-bond acceptors (Lipinski definition) is 4. The van der Waals surface area contributed by atoms with Crippen LogP contribution in [0.5, 0.6) is 0 Å². The van der Waals surface area contributed by atoms with Crippen molar-refractivity contribution in [2.24, 2.45) is 5.41 Å². The topological polar surface area (TPSA) is 66.8 Å². The minimum Gasteiger partial charge on any atom is -0.457 e. The van der Waals surface area contributed by atoms with Gasteiger partial charge >= 0.3 is 5.97 Å². The molecule has 0 aromatic rings. The van der Waals surface area contributed by atoms with E-state index >= 15 is 0 Å². The van der Waals surface area contributed by atoms with Crippen molar-refractivity contribution in [1.29, 1.82) is 0 Å². The molecule has 2 N–H and O–H groups in total. The van der Waals surface area contributed by atoms with Gasteiger partial charge in [0.05, 0.1) is 6.61 Å². The molecule has 1 rings (SSSR count). The van der Waals surface area contributed by atoms with Crippen LogP contribution in [0.4, 0.5) is 0 Å². The van der Waals surface area contributed by atoms with E-state index in [2.05, 4.69) is 0 Å². The fourth-order valence-corrected chi connectivity index (χ4v) is 1.11. The molecule has 1 aliphatic rings. The Morgan fingerprint density at radius 3 is 2.36 bits per heavy atom. The van der Waals surface area contributed by atoms with Crippen molar-refractivity contribution in [2.75, 3.05) is 6.61 Å². The van der Waals surface area contributed by atoms with E-state index in [1.54, 1.807) is 13.8 Å². The van der Waals surface area contributed by atoms with Gasteiger partial charge in [-0.25, -0.2) is 4.79 Å². The van der Waals surface area contributed by atoms with E-state index in [-0.39, 0.29) is 6.61 Å². The largest absolute Gasteiger partial charge is 0.457 e. The molecule has 1 fully saturated rings. The van der Waals surface area contributed by atoms with Crippen molar-refractivity contribution in [2.45, 2.75) is 26.1 Å². The number of rotatable bonds is 1. The molecular formula is C7H12O4. The SMILES string of the molecule is CC1(C)[C@H](CO)OC(=O)[C@@H]1O. The minimum atomic E-state index is -1.11. The third-order valence-corrected chi connectivity index (χ3v) is 2.18. The smallest absolute Gasteiger partial charge is 0.336 e. The Morgan fingerprint density at radius 1 is 1.64 bits per heavy atom. The maximum atomic E-state index is 10.8. The van der Waals surface area contributed by atoms with Crippen molar-refractivity contribution >= 4 is 5.97 Å². The monoisotopic (exact) mass is 160 g/mol. The summed E-state index contributed by atoms with van der Waals surface area (Å²) in [5, 5.41) is 18.0. The Balaban J connectivity index is 2.82. The Morgan fingerprint density at radius 2 is 2.18 bits per heavy atom. The Hall–Kier alpha value is -0.610. The number of carbonyl (C=O) groups is 1. The van der Waals surface area contributed by atoms with Crippen LogP contribution in [0.1, 0.15) is 13.8 Å². The van der Waals surface area contributed by atoms with Gasteiger partial charge in [0.1, 0.15) is 6.10 Å². The van der Waals surface area contributed by atoms with Crippen LogP contribution >= 0.6 is 0 Å². The van der Waals surface area contributed by atoms with Crippen LogP contribution in [0.2, 0.25) is 0 Å². The summed E-state index contributed by atoms with van der Waals surface area (Å²) in [6.45, 7) is 3.13. The molecule has 0 bridgehead atoms. The van der Waals surface area contributed by atoms with Crippen molar-refractivity contribution in [3.8, 4) is 0 Å². The number of carbonyl (C=O) groups excluding carboxylic acids is 1. The van der Waals surface area contributed by atoms with E-state index in [0.29, 0.717) is 0 Å². The molecule has 0 aliphatic carbocycles. The van der Waals surface area contributed by atoms with Gasteiger partial charge < -0.3 is 14.9 Å². The molecule has 0 aromatic heterocycles. The maximum Gasteiger partial charge on any atom is 0.336 e. The van der Waals surface area contributed by atoms with Gasteiger partial charge in [0.25, 0.3) is 0 Å². The molecular weight excluding hydrogens is 148 g/mol. The molecule has 2 atom stereocenters. The number of aliphatic hydroxyl groups is 2. The van der Waals surface area contributed by atoms with E-state index in [4.69, 9.17) is 9.84 Å². The quantitative estimate of drug-likeness (QED) is 0.497. The first kappa shape index (κ1) is 8.49. The van der Waals surface area contributed by atoms with Gasteiger partial charge in [-0.3, -0.25) is 0 Å². The summed E-state index contributed by atoms with van der Waals surface area (Å²) in [4.78, 5) is 10.8. The van der Waals surface area contributed by atoms with Gasteiger partial charge in [-0.15, -0.1) is 0 Å². The van der Waals surface area contributed by atoms with Gasteiger partial charge in [-0.05, 0) is 0 Å². The predicted octanol–water partition coefficient (Wildman–Crippen LogP) is -0.709. The van der Waals surface area contributed by atoms with Crippen LogP contribution in [0, 0.1) is 5.41 Å². The summed E-state index contributed by atoms with van der Waals surface area (Å²) in [6, 6.07) is 0. The van der Waals surface area contributed by atoms with Crippen LogP contribution in [0.3, 0.4) is 0 Å². The first-order valence-corrected chi connectivity index (χ1v) is 3.49. The summed E-state index contributed by atoms with van der Waals surface area (Å²) in [7, 11) is 0. The molecule has 0 aromatic carbocycles. The second-order valence-corrected chi connectivity index (χ2v) is 3.33. The molecule has 0 spiro atoms. The summed E-state index contributed by atoms with van der Waals surface area (Å²) in [6.07, 6.45) is -1.69. The Labute approximate surface area is 64.8 Å². The lowest BCUT2D eigenvalue weighted by molar-refractivity contribution is -0.148. The molecule has 64 valence electrons. The number of cyclic esters (lactones) is 1. The third-order valence-electron chi connectivity index (χ3n) is 2.18. The Kier molecular flexibility index (Phi) is 1.90. The first-order valence-electron chi connectivity index (χ1n) is 3.49. The molecule has 11 heavy (non-hydrogen) atoms. The van der Waals surface area contributed by atoms with E-state index in [9.17, 15) is 9.90 Å². The highest BCUT2D eigenvalue weighted by Crippen LogP contribution is 2.34. The molecule has 0 unspecified atom stereocenters. The highest BCUT2D eigenvalue weighted by atomic mass is 16.6. The zero-order valence-electron chi connectivity index (χ0n) is 6.57. The second kappa shape index (κ2) is 2.46. The lowest BCUT2D eigenvalue weighted by Gasteiger charge is -2.23. The van der Waals surface area contributed by atoms with Gasteiger partial charge in [0.2, 0.25) is 0 Å². The fourth-order valence-electron chi connectivity index (χ4n) is 1.11. The molecule has 0 saturated carbocycles. The standard InChI is InChI=1S/C7H12O4/c1-7(2)4(3-8)11-6(10)5(7)9/h4-5,8-9H,3H2,1-2H3/t4-,5-/m0/s1. The van der Waals surface area contributed by atoms with Crippen LogP contribution in [-0.2, 0) is 9.53 Å². The minimum absolute atomic E-state index is 0.240. The van der Waals surface area contributed by atoms with E-state index in [1.807, 2.05) is 0 Å². The third kappa shape index (κ3) is 1.12. The predicted molar refractivity (Wildman–Crippen MR) is 36.8 cm³/mol. The maximum absolute atomic E-state index is 10.8. The summed E-state index contributed by atoms with van der Waals surface area (Å²) in [5.74, 6) is -0.644. The number of ether oxygens (including phenoxy) is 1. The van der Waals surface area contributed by atoms with Crippen molar-refractivity contribution in [3.05, 3.63) is 0 Å². The van der Waals surface area contributed by atoms with Crippen LogP contribution in [0.15, 0.2) is 0 Å². The first-order chi connectivity index (χ1) is 5.00. The highest BCUT2D eigenvalue weighted by molar-refractivity contribution is 5.78. The van der Waals surface area contributed by atoms with E-state index in [0.717, 1.165) is 0 Å². The molecule has 1 heterocycles. The summed E-state index contributed by atoms with van der Waals surface area (Å²) >= 11 is 0. The van der Waals surface area contributed by atoms with Crippen LogP contribution in [-0.4, -0.2) is 35.0 Å². The number of hydrogen-bond donors (Lipinski definition) is 2. The van der Waals surface area contributed by atoms with Crippen LogP contribution < -0.4 is 0 Å². The second-order valence-electron chi connectivity index (χ2n) is 3.33. The van der Waals surface area contributed by atoms with E-state index in [1.165, 1.54) is 0 Å². The Bertz CT molecular complexity index is 175. The van der Waals surface area contributed by atoms with E-state index < -0.39 is 23.6 Å². The highest BCUT2D eigenvalue weighted by Gasteiger charge is 2.49. The average Bonchev–Trinajstić information content (AvgIpc) is 2.13. The van der Waals surface area contributed by atoms with Crippen LogP contribution in [0.25, 0.3) is 0 Å². The summed E-state index contributed by atoms with van der Waals surface area (Å²) in [5.41, 5.74) is -0.675. The molecule has 4 heteroatoms. The summed E-state index contributed by atoms with van der Waals surface area (Å²) < 4.78 is 4.70. The molecule has 0 radical (unpaired) electrons. The molecule has 0 amide bonds. The zero-order valence-corrected chi connectivity index (χ0v) is 6.57. The zero-order chi connectivity index (χ0) is 8.65. The molecule has 4 nitrogen and oxygen atoms in total. The van der Waals surface area contributed by atoms with Crippen molar-refractivity contribution < 1.29 is 19.7 Å². The number of aliphatic hydroxyl groups excluding tert-OH is 2. The van der Waals surface area contributed by atoms with Crippen molar-refractivity contribution in [1.82, 2.24) is 0 Å². The molecule has 1 saturated heterocycles. The van der Waals surface area contributed by atoms with Gasteiger partial charge in [-0.2, -0.15) is 0 Å². The van der Waals surface area contributed by atoms with Gasteiger partial charge in [0.15, 0.2) is 6.10 Å².